The third kappa shape index (κ3) is 6.12. The highest BCUT2D eigenvalue weighted by Crippen LogP contribution is 2.25. The van der Waals surface area contributed by atoms with Crippen LogP contribution in [0.2, 0.25) is 5.02 Å². The number of ether oxygens (including phenoxy) is 1. The number of carbonyl (C=O) groups excluding carboxylic acids is 2. The zero-order chi connectivity index (χ0) is 24.2. The number of carbonyl (C=O) groups is 2. The van der Waals surface area contributed by atoms with Crippen LogP contribution in [0.25, 0.3) is 0 Å². The molecule has 0 aromatic heterocycles. The van der Waals surface area contributed by atoms with Gasteiger partial charge in [-0.05, 0) is 49.4 Å². The Hall–Kier alpha value is -3.36. The fraction of sp³-hybridized carbons (Fsp3) is 0.167. The van der Waals surface area contributed by atoms with Crippen LogP contribution < -0.4 is 14.4 Å². The van der Waals surface area contributed by atoms with Crippen molar-refractivity contribution < 1.29 is 22.7 Å². The molecule has 0 aliphatic rings. The number of benzene rings is 3. The maximum absolute atomic E-state index is 12.9. The average molecular weight is 487 g/mol. The number of rotatable bonds is 8. The van der Waals surface area contributed by atoms with Crippen LogP contribution in [0.1, 0.15) is 22.8 Å². The Kier molecular flexibility index (Phi) is 7.40. The summed E-state index contributed by atoms with van der Waals surface area (Å²) in [4.78, 5) is 25.7. The lowest BCUT2D eigenvalue weighted by atomic mass is 10.0. The second-order valence-corrected chi connectivity index (χ2v) is 9.81. The molecular weight excluding hydrogens is 464 g/mol. The third-order valence-electron chi connectivity index (χ3n) is 4.90. The van der Waals surface area contributed by atoms with Crippen molar-refractivity contribution in [2.75, 3.05) is 22.9 Å². The van der Waals surface area contributed by atoms with Gasteiger partial charge in [-0.15, -0.1) is 0 Å². The van der Waals surface area contributed by atoms with Crippen molar-refractivity contribution in [1.82, 2.24) is 0 Å². The standard InChI is InChI=1S/C24H23ClN2O5S/c1-16(32-20-12-10-19(11-13-20)27(2)33(3,30)31)24(29)26-22-14-9-18(25)15-21(22)23(28)17-7-5-4-6-8-17/h4-16H,1-3H3,(H,26,29)/t16-/m0/s1. The first-order valence-corrected chi connectivity index (χ1v) is 12.2. The first-order chi connectivity index (χ1) is 15.6. The molecule has 0 saturated heterocycles. The van der Waals surface area contributed by atoms with E-state index in [1.54, 1.807) is 67.6 Å². The Morgan fingerprint density at radius 3 is 2.24 bits per heavy atom. The number of ketones is 1. The van der Waals surface area contributed by atoms with Gasteiger partial charge in [-0.25, -0.2) is 8.42 Å². The van der Waals surface area contributed by atoms with E-state index in [1.807, 2.05) is 6.07 Å². The van der Waals surface area contributed by atoms with Crippen LogP contribution in [-0.4, -0.2) is 39.5 Å². The SMILES string of the molecule is C[C@H](Oc1ccc(N(C)S(C)(=O)=O)cc1)C(=O)Nc1ccc(Cl)cc1C(=O)c1ccccc1. The number of anilines is 2. The summed E-state index contributed by atoms with van der Waals surface area (Å²) in [6.07, 6.45) is 0.219. The van der Waals surface area contributed by atoms with Gasteiger partial charge in [-0.1, -0.05) is 41.9 Å². The summed E-state index contributed by atoms with van der Waals surface area (Å²) in [5.74, 6) is -0.343. The van der Waals surface area contributed by atoms with Gasteiger partial charge < -0.3 is 10.1 Å². The smallest absolute Gasteiger partial charge is 0.265 e. The van der Waals surface area contributed by atoms with Crippen molar-refractivity contribution in [2.24, 2.45) is 0 Å². The maximum Gasteiger partial charge on any atom is 0.265 e. The number of amides is 1. The van der Waals surface area contributed by atoms with Crippen LogP contribution in [0.3, 0.4) is 0 Å². The highest BCUT2D eigenvalue weighted by Gasteiger charge is 2.20. The van der Waals surface area contributed by atoms with Crippen LogP contribution in [-0.2, 0) is 14.8 Å². The van der Waals surface area contributed by atoms with Gasteiger partial charge in [0.05, 0.1) is 17.6 Å². The van der Waals surface area contributed by atoms with E-state index in [2.05, 4.69) is 5.32 Å². The first kappa shape index (κ1) is 24.3. The van der Waals surface area contributed by atoms with Crippen LogP contribution in [0.5, 0.6) is 5.75 Å². The van der Waals surface area contributed by atoms with Gasteiger partial charge in [0.1, 0.15) is 5.75 Å². The molecule has 1 N–H and O–H groups in total. The molecule has 3 aromatic carbocycles. The van der Waals surface area contributed by atoms with Gasteiger partial charge in [0.15, 0.2) is 11.9 Å². The van der Waals surface area contributed by atoms with Gasteiger partial charge in [0.25, 0.3) is 5.91 Å². The number of hydrogen-bond acceptors (Lipinski definition) is 5. The summed E-state index contributed by atoms with van der Waals surface area (Å²) in [7, 11) is -1.94. The Labute approximate surface area is 198 Å². The van der Waals surface area contributed by atoms with Crippen LogP contribution in [0, 0.1) is 0 Å². The molecule has 172 valence electrons. The lowest BCUT2D eigenvalue weighted by Gasteiger charge is -2.19. The molecule has 1 amide bonds. The highest BCUT2D eigenvalue weighted by atomic mass is 35.5. The molecule has 0 heterocycles. The van der Waals surface area contributed by atoms with Crippen molar-refractivity contribution in [2.45, 2.75) is 13.0 Å². The molecule has 3 rings (SSSR count). The molecule has 7 nitrogen and oxygen atoms in total. The Balaban J connectivity index is 1.73. The number of sulfonamides is 1. The second kappa shape index (κ2) is 10.1. The number of hydrogen-bond donors (Lipinski definition) is 1. The Morgan fingerprint density at radius 1 is 1.00 bits per heavy atom. The number of nitrogens with one attached hydrogen (secondary N) is 1. The van der Waals surface area contributed by atoms with E-state index < -0.39 is 22.0 Å². The molecule has 0 fully saturated rings. The Morgan fingerprint density at radius 2 is 1.64 bits per heavy atom. The van der Waals surface area contributed by atoms with Gasteiger partial charge in [-0.3, -0.25) is 13.9 Å². The lowest BCUT2D eigenvalue weighted by Crippen LogP contribution is -2.30. The maximum atomic E-state index is 12.9. The zero-order valence-electron chi connectivity index (χ0n) is 18.3. The molecule has 1 atom stereocenters. The van der Waals surface area contributed by atoms with Crippen molar-refractivity contribution in [3.63, 3.8) is 0 Å². The van der Waals surface area contributed by atoms with E-state index in [1.165, 1.54) is 13.1 Å². The fourth-order valence-corrected chi connectivity index (χ4v) is 3.65. The summed E-state index contributed by atoms with van der Waals surface area (Å²) < 4.78 is 30.1. The van der Waals surface area contributed by atoms with E-state index in [4.69, 9.17) is 16.3 Å². The molecule has 33 heavy (non-hydrogen) atoms. The molecule has 0 bridgehead atoms. The Bertz CT molecular complexity index is 1260. The van der Waals surface area contributed by atoms with Crippen molar-refractivity contribution in [3.05, 3.63) is 88.9 Å². The summed E-state index contributed by atoms with van der Waals surface area (Å²) in [5, 5.41) is 3.10. The van der Waals surface area contributed by atoms with Gasteiger partial charge in [0, 0.05) is 23.2 Å². The highest BCUT2D eigenvalue weighted by molar-refractivity contribution is 7.92. The van der Waals surface area contributed by atoms with Crippen LogP contribution >= 0.6 is 11.6 Å². The molecule has 0 radical (unpaired) electrons. The van der Waals surface area contributed by atoms with Gasteiger partial charge in [-0.2, -0.15) is 0 Å². The lowest BCUT2D eigenvalue weighted by molar-refractivity contribution is -0.122. The molecule has 0 spiro atoms. The second-order valence-electron chi connectivity index (χ2n) is 7.36. The minimum Gasteiger partial charge on any atom is -0.481 e. The average Bonchev–Trinajstić information content (AvgIpc) is 2.79. The van der Waals surface area contributed by atoms with E-state index >= 15 is 0 Å². The molecule has 0 aliphatic carbocycles. The van der Waals surface area contributed by atoms with E-state index in [-0.39, 0.29) is 11.3 Å². The van der Waals surface area contributed by atoms with Gasteiger partial charge >= 0.3 is 0 Å². The molecule has 3 aromatic rings. The quantitative estimate of drug-likeness (QED) is 0.477. The normalized spacial score (nSPS) is 12.0. The monoisotopic (exact) mass is 486 g/mol. The van der Waals surface area contributed by atoms with Crippen LogP contribution in [0.15, 0.2) is 72.8 Å². The minimum atomic E-state index is -3.38. The third-order valence-corrected chi connectivity index (χ3v) is 6.34. The van der Waals surface area contributed by atoms with Gasteiger partial charge in [0.2, 0.25) is 10.0 Å². The van der Waals surface area contributed by atoms with E-state index in [9.17, 15) is 18.0 Å². The number of nitrogens with zero attached hydrogens (tertiary/aromatic N) is 1. The predicted octanol–water partition coefficient (Wildman–Crippen LogP) is 4.37. The molecule has 0 aliphatic heterocycles. The zero-order valence-corrected chi connectivity index (χ0v) is 19.9. The summed E-state index contributed by atoms with van der Waals surface area (Å²) in [5.41, 5.74) is 1.52. The predicted molar refractivity (Wildman–Crippen MR) is 130 cm³/mol. The summed E-state index contributed by atoms with van der Waals surface area (Å²) in [6, 6.07) is 19.7. The van der Waals surface area contributed by atoms with E-state index in [0.29, 0.717) is 27.7 Å². The van der Waals surface area contributed by atoms with E-state index in [0.717, 1.165) is 10.6 Å². The first-order valence-electron chi connectivity index (χ1n) is 9.97. The van der Waals surface area contributed by atoms with Crippen molar-refractivity contribution >= 4 is 44.7 Å². The van der Waals surface area contributed by atoms with Crippen LogP contribution in [0.4, 0.5) is 11.4 Å². The molecule has 0 unspecified atom stereocenters. The largest absolute Gasteiger partial charge is 0.481 e. The molecular formula is C24H23ClN2O5S. The van der Waals surface area contributed by atoms with Crippen molar-refractivity contribution in [3.8, 4) is 5.75 Å². The molecule has 9 heteroatoms. The fourth-order valence-electron chi connectivity index (χ4n) is 2.98. The topological polar surface area (TPSA) is 92.8 Å². The summed E-state index contributed by atoms with van der Waals surface area (Å²) in [6.45, 7) is 1.57. The number of halogens is 1. The minimum absolute atomic E-state index is 0.266. The molecule has 0 saturated carbocycles. The van der Waals surface area contributed by atoms with Crippen molar-refractivity contribution in [1.29, 1.82) is 0 Å². The summed E-state index contributed by atoms with van der Waals surface area (Å²) >= 11 is 6.09.